The van der Waals surface area contributed by atoms with Crippen molar-refractivity contribution in [3.63, 3.8) is 0 Å². The van der Waals surface area contributed by atoms with Crippen molar-refractivity contribution in [1.82, 2.24) is 0 Å². The summed E-state index contributed by atoms with van der Waals surface area (Å²) in [4.78, 5) is 10.1. The SMILES string of the molecule is CC.O=C(O)/C=C/c1ccc(O)c(O)c1. The Morgan fingerprint density at radius 1 is 1.20 bits per heavy atom. The summed E-state index contributed by atoms with van der Waals surface area (Å²) >= 11 is 0. The summed E-state index contributed by atoms with van der Waals surface area (Å²) in [5.74, 6) is -1.56. The number of rotatable bonds is 2. The number of carbonyl (C=O) groups is 1. The monoisotopic (exact) mass is 210 g/mol. The number of aliphatic carboxylic acids is 1. The zero-order valence-electron chi connectivity index (χ0n) is 8.64. The molecule has 1 aromatic carbocycles. The van der Waals surface area contributed by atoms with E-state index in [1.807, 2.05) is 13.8 Å². The van der Waals surface area contributed by atoms with Gasteiger partial charge in [0.05, 0.1) is 0 Å². The Kier molecular flexibility index (Phi) is 5.63. The van der Waals surface area contributed by atoms with E-state index >= 15 is 0 Å². The minimum absolute atomic E-state index is 0.229. The minimum atomic E-state index is -1.06. The molecule has 0 aliphatic rings. The van der Waals surface area contributed by atoms with E-state index in [1.54, 1.807) is 0 Å². The Morgan fingerprint density at radius 3 is 2.27 bits per heavy atom. The molecule has 0 amide bonds. The number of benzene rings is 1. The summed E-state index contributed by atoms with van der Waals surface area (Å²) in [6, 6.07) is 4.06. The molecule has 1 aromatic rings. The van der Waals surface area contributed by atoms with Crippen LogP contribution in [0.5, 0.6) is 11.5 Å². The molecule has 0 saturated heterocycles. The number of phenolic OH excluding ortho intramolecular Hbond substituents is 2. The lowest BCUT2D eigenvalue weighted by Gasteiger charge is -1.97. The third-order valence-corrected chi connectivity index (χ3v) is 1.42. The molecule has 15 heavy (non-hydrogen) atoms. The predicted molar refractivity (Wildman–Crippen MR) is 57.8 cm³/mol. The first-order valence-corrected chi connectivity index (χ1v) is 4.52. The molecular formula is C11H14O4. The highest BCUT2D eigenvalue weighted by atomic mass is 16.4. The summed E-state index contributed by atoms with van der Waals surface area (Å²) in [5.41, 5.74) is 0.512. The van der Waals surface area contributed by atoms with Gasteiger partial charge >= 0.3 is 5.97 Å². The van der Waals surface area contributed by atoms with E-state index in [0.29, 0.717) is 5.56 Å². The topological polar surface area (TPSA) is 77.8 Å². The van der Waals surface area contributed by atoms with Crippen LogP contribution in [0.2, 0.25) is 0 Å². The molecule has 0 atom stereocenters. The lowest BCUT2D eigenvalue weighted by atomic mass is 10.2. The van der Waals surface area contributed by atoms with E-state index in [2.05, 4.69) is 0 Å². The van der Waals surface area contributed by atoms with Gasteiger partial charge in [0.1, 0.15) is 0 Å². The van der Waals surface area contributed by atoms with Gasteiger partial charge in [0.25, 0.3) is 0 Å². The molecule has 0 radical (unpaired) electrons. The summed E-state index contributed by atoms with van der Waals surface area (Å²) < 4.78 is 0. The van der Waals surface area contributed by atoms with Gasteiger partial charge in [-0.25, -0.2) is 4.79 Å². The van der Waals surface area contributed by atoms with Gasteiger partial charge in [0.15, 0.2) is 11.5 Å². The van der Waals surface area contributed by atoms with Crippen molar-refractivity contribution >= 4 is 12.0 Å². The standard InChI is InChI=1S/C9H8O4.C2H6/c10-7-3-1-6(5-8(7)11)2-4-9(12)13;1-2/h1-5,10-11H,(H,12,13);1-2H3/b4-2+;. The molecule has 0 aliphatic carbocycles. The molecule has 0 bridgehead atoms. The average molecular weight is 210 g/mol. The maximum absolute atomic E-state index is 10.1. The minimum Gasteiger partial charge on any atom is -0.504 e. The molecule has 0 aliphatic heterocycles. The fourth-order valence-electron chi connectivity index (χ4n) is 0.812. The fraction of sp³-hybridized carbons (Fsp3) is 0.182. The summed E-state index contributed by atoms with van der Waals surface area (Å²) in [7, 11) is 0. The molecule has 82 valence electrons. The first-order valence-electron chi connectivity index (χ1n) is 4.52. The Morgan fingerprint density at radius 2 is 1.80 bits per heavy atom. The highest BCUT2D eigenvalue weighted by Gasteiger charge is 1.97. The van der Waals surface area contributed by atoms with Crippen LogP contribution in [0.3, 0.4) is 0 Å². The zero-order valence-corrected chi connectivity index (χ0v) is 8.64. The number of aromatic hydroxyl groups is 2. The predicted octanol–water partition coefficient (Wildman–Crippen LogP) is 2.22. The number of carboxylic acid groups (broad SMARTS) is 1. The van der Waals surface area contributed by atoms with Crippen molar-refractivity contribution in [2.24, 2.45) is 0 Å². The van der Waals surface area contributed by atoms with E-state index in [4.69, 9.17) is 15.3 Å². The van der Waals surface area contributed by atoms with Gasteiger partial charge in [0, 0.05) is 6.08 Å². The second-order valence-corrected chi connectivity index (χ2v) is 2.42. The van der Waals surface area contributed by atoms with Crippen molar-refractivity contribution < 1.29 is 20.1 Å². The first-order chi connectivity index (χ1) is 7.09. The number of phenols is 2. The Hall–Kier alpha value is -1.97. The van der Waals surface area contributed by atoms with Gasteiger partial charge in [-0.15, -0.1) is 0 Å². The Bertz CT molecular complexity index is 356. The van der Waals surface area contributed by atoms with E-state index in [-0.39, 0.29) is 11.5 Å². The van der Waals surface area contributed by atoms with Crippen LogP contribution in [0.25, 0.3) is 6.08 Å². The lowest BCUT2D eigenvalue weighted by Crippen LogP contribution is -1.85. The van der Waals surface area contributed by atoms with E-state index < -0.39 is 5.97 Å². The molecule has 0 heterocycles. The molecular weight excluding hydrogens is 196 g/mol. The van der Waals surface area contributed by atoms with Crippen LogP contribution in [-0.2, 0) is 4.79 Å². The van der Waals surface area contributed by atoms with E-state index in [1.165, 1.54) is 24.3 Å². The summed E-state index contributed by atoms with van der Waals surface area (Å²) in [6.07, 6.45) is 2.27. The van der Waals surface area contributed by atoms with Gasteiger partial charge < -0.3 is 15.3 Å². The molecule has 4 heteroatoms. The molecule has 3 N–H and O–H groups in total. The highest BCUT2D eigenvalue weighted by molar-refractivity contribution is 5.85. The van der Waals surface area contributed by atoms with Gasteiger partial charge in [-0.2, -0.15) is 0 Å². The molecule has 0 spiro atoms. The second-order valence-electron chi connectivity index (χ2n) is 2.42. The summed E-state index contributed by atoms with van der Waals surface area (Å²) in [5, 5.41) is 26.3. The molecule has 0 unspecified atom stereocenters. The molecule has 0 fully saturated rings. The number of hydrogen-bond acceptors (Lipinski definition) is 3. The van der Waals surface area contributed by atoms with E-state index in [0.717, 1.165) is 6.08 Å². The van der Waals surface area contributed by atoms with Crippen LogP contribution in [0.4, 0.5) is 0 Å². The molecule has 4 nitrogen and oxygen atoms in total. The van der Waals surface area contributed by atoms with Gasteiger partial charge in [-0.1, -0.05) is 19.9 Å². The smallest absolute Gasteiger partial charge is 0.328 e. The zero-order chi connectivity index (χ0) is 11.8. The van der Waals surface area contributed by atoms with Crippen molar-refractivity contribution in [1.29, 1.82) is 0 Å². The molecule has 0 aromatic heterocycles. The molecule has 0 saturated carbocycles. The average Bonchev–Trinajstić information content (AvgIpc) is 2.23. The molecule has 1 rings (SSSR count). The quantitative estimate of drug-likeness (QED) is 0.516. The van der Waals surface area contributed by atoms with Crippen molar-refractivity contribution in [2.45, 2.75) is 13.8 Å². The largest absolute Gasteiger partial charge is 0.504 e. The Labute approximate surface area is 88.1 Å². The van der Waals surface area contributed by atoms with Gasteiger partial charge in [0.2, 0.25) is 0 Å². The Balaban J connectivity index is 0.000000921. The third-order valence-electron chi connectivity index (χ3n) is 1.42. The van der Waals surface area contributed by atoms with Gasteiger partial charge in [-0.05, 0) is 23.8 Å². The van der Waals surface area contributed by atoms with Crippen molar-refractivity contribution in [3.05, 3.63) is 29.8 Å². The maximum Gasteiger partial charge on any atom is 0.328 e. The van der Waals surface area contributed by atoms with Crippen molar-refractivity contribution in [2.75, 3.05) is 0 Å². The van der Waals surface area contributed by atoms with E-state index in [9.17, 15) is 4.79 Å². The van der Waals surface area contributed by atoms with Crippen LogP contribution in [0.1, 0.15) is 19.4 Å². The van der Waals surface area contributed by atoms with Crippen LogP contribution in [0, 0.1) is 0 Å². The van der Waals surface area contributed by atoms with Crippen LogP contribution >= 0.6 is 0 Å². The van der Waals surface area contributed by atoms with Gasteiger partial charge in [-0.3, -0.25) is 0 Å². The highest BCUT2D eigenvalue weighted by Crippen LogP contribution is 2.25. The second kappa shape index (κ2) is 6.48. The third kappa shape index (κ3) is 4.71. The number of hydrogen-bond donors (Lipinski definition) is 3. The first kappa shape index (κ1) is 13.0. The fourth-order valence-corrected chi connectivity index (χ4v) is 0.812. The number of carboxylic acids is 1. The lowest BCUT2D eigenvalue weighted by molar-refractivity contribution is -0.131. The van der Waals surface area contributed by atoms with Crippen LogP contribution in [0.15, 0.2) is 24.3 Å². The van der Waals surface area contributed by atoms with Crippen LogP contribution in [-0.4, -0.2) is 21.3 Å². The normalized spacial score (nSPS) is 9.47. The summed E-state index contributed by atoms with van der Waals surface area (Å²) in [6.45, 7) is 4.00. The van der Waals surface area contributed by atoms with Crippen molar-refractivity contribution in [3.8, 4) is 11.5 Å². The maximum atomic E-state index is 10.1. The van der Waals surface area contributed by atoms with Crippen LogP contribution < -0.4 is 0 Å².